The van der Waals surface area contributed by atoms with Crippen LogP contribution in [0.15, 0.2) is 0 Å². The highest BCUT2D eigenvalue weighted by atomic mass is 16.8. The van der Waals surface area contributed by atoms with Crippen LogP contribution < -0.4 is 10.6 Å². The summed E-state index contributed by atoms with van der Waals surface area (Å²) in [6.07, 6.45) is -2.85. The van der Waals surface area contributed by atoms with E-state index in [4.69, 9.17) is 14.2 Å². The standard InChI is InChI=1S/C13H22N2O6/c1-6(16)14-5-8(18)10-9(15-7(2)17)11-12(19-10)21-13(3,4)20-11/h8-12,18H,5H2,1-4H3,(H,14,16)(H,15,17)/t8-,9-,10+,11+,12+/m0/s1. The largest absolute Gasteiger partial charge is 0.388 e. The summed E-state index contributed by atoms with van der Waals surface area (Å²) in [6, 6.07) is -0.543. The number of rotatable bonds is 4. The SMILES string of the molecule is CC(=O)NC[C@H](O)[C@H]1O[C@@H]2OC(C)(C)O[C@@H]2[C@H]1NC(C)=O. The molecule has 0 unspecified atom stereocenters. The third-order valence-corrected chi connectivity index (χ3v) is 3.40. The van der Waals surface area contributed by atoms with Crippen LogP contribution in [-0.4, -0.2) is 59.9 Å². The van der Waals surface area contributed by atoms with E-state index in [0.29, 0.717) is 0 Å². The number of carbonyl (C=O) groups excluding carboxylic acids is 2. The average molecular weight is 302 g/mol. The molecule has 21 heavy (non-hydrogen) atoms. The van der Waals surface area contributed by atoms with Crippen LogP contribution in [0.25, 0.3) is 0 Å². The highest BCUT2D eigenvalue weighted by Gasteiger charge is 2.56. The average Bonchev–Trinajstić information content (AvgIpc) is 2.79. The van der Waals surface area contributed by atoms with E-state index in [9.17, 15) is 14.7 Å². The number of carbonyl (C=O) groups is 2. The number of ether oxygens (including phenoxy) is 3. The van der Waals surface area contributed by atoms with Gasteiger partial charge in [0, 0.05) is 20.4 Å². The van der Waals surface area contributed by atoms with Crippen molar-refractivity contribution >= 4 is 11.8 Å². The second-order valence-electron chi connectivity index (χ2n) is 5.80. The lowest BCUT2D eigenvalue weighted by molar-refractivity contribution is -0.216. The summed E-state index contributed by atoms with van der Waals surface area (Å²) < 4.78 is 17.0. The van der Waals surface area contributed by atoms with E-state index in [1.54, 1.807) is 13.8 Å². The van der Waals surface area contributed by atoms with Gasteiger partial charge in [-0.25, -0.2) is 0 Å². The van der Waals surface area contributed by atoms with Crippen molar-refractivity contribution in [3.8, 4) is 0 Å². The van der Waals surface area contributed by atoms with Crippen LogP contribution in [0.5, 0.6) is 0 Å². The zero-order valence-corrected chi connectivity index (χ0v) is 12.6. The van der Waals surface area contributed by atoms with Gasteiger partial charge in [0.25, 0.3) is 0 Å². The Morgan fingerprint density at radius 1 is 1.24 bits per heavy atom. The Labute approximate surface area is 123 Å². The quantitative estimate of drug-likeness (QED) is 0.606. The maximum atomic E-state index is 11.4. The molecular formula is C13H22N2O6. The number of hydrogen-bond donors (Lipinski definition) is 3. The molecule has 2 aliphatic heterocycles. The van der Waals surface area contributed by atoms with Crippen molar-refractivity contribution in [3.05, 3.63) is 0 Å². The van der Waals surface area contributed by atoms with Crippen molar-refractivity contribution in [1.82, 2.24) is 10.6 Å². The number of aliphatic hydroxyl groups is 1. The van der Waals surface area contributed by atoms with Crippen LogP contribution in [0, 0.1) is 0 Å². The van der Waals surface area contributed by atoms with Crippen molar-refractivity contribution < 1.29 is 28.9 Å². The van der Waals surface area contributed by atoms with Gasteiger partial charge in [0.2, 0.25) is 11.8 Å². The summed E-state index contributed by atoms with van der Waals surface area (Å²) in [4.78, 5) is 22.3. The van der Waals surface area contributed by atoms with Gasteiger partial charge in [-0.1, -0.05) is 0 Å². The Bertz CT molecular complexity index is 427. The van der Waals surface area contributed by atoms with Gasteiger partial charge in [0.1, 0.15) is 12.2 Å². The third-order valence-electron chi connectivity index (χ3n) is 3.40. The highest BCUT2D eigenvalue weighted by Crippen LogP contribution is 2.38. The van der Waals surface area contributed by atoms with E-state index in [-0.39, 0.29) is 18.4 Å². The summed E-state index contributed by atoms with van der Waals surface area (Å²) in [7, 11) is 0. The second-order valence-corrected chi connectivity index (χ2v) is 5.80. The number of aliphatic hydroxyl groups excluding tert-OH is 1. The van der Waals surface area contributed by atoms with Crippen LogP contribution >= 0.6 is 0 Å². The first kappa shape index (κ1) is 16.2. The van der Waals surface area contributed by atoms with Crippen LogP contribution in [-0.2, 0) is 23.8 Å². The topological polar surface area (TPSA) is 106 Å². The molecule has 2 aliphatic rings. The molecule has 0 aromatic heterocycles. The van der Waals surface area contributed by atoms with Crippen molar-refractivity contribution in [3.63, 3.8) is 0 Å². The second kappa shape index (κ2) is 5.88. The monoisotopic (exact) mass is 302 g/mol. The molecule has 0 radical (unpaired) electrons. The predicted octanol–water partition coefficient (Wildman–Crippen LogP) is -1.14. The number of amides is 2. The van der Waals surface area contributed by atoms with Gasteiger partial charge >= 0.3 is 0 Å². The first-order valence-corrected chi connectivity index (χ1v) is 6.90. The minimum atomic E-state index is -0.980. The minimum Gasteiger partial charge on any atom is -0.388 e. The zero-order valence-electron chi connectivity index (χ0n) is 12.6. The van der Waals surface area contributed by atoms with Gasteiger partial charge < -0.3 is 30.0 Å². The van der Waals surface area contributed by atoms with E-state index in [1.165, 1.54) is 13.8 Å². The molecule has 120 valence electrons. The molecule has 5 atom stereocenters. The van der Waals surface area contributed by atoms with Gasteiger partial charge in [0.05, 0.1) is 12.1 Å². The Hall–Kier alpha value is -1.22. The third kappa shape index (κ3) is 3.70. The summed E-state index contributed by atoms with van der Waals surface area (Å²) in [5.74, 6) is -1.31. The maximum Gasteiger partial charge on any atom is 0.217 e. The predicted molar refractivity (Wildman–Crippen MR) is 71.0 cm³/mol. The normalized spacial score (nSPS) is 35.1. The zero-order chi connectivity index (χ0) is 15.8. The van der Waals surface area contributed by atoms with Crippen LogP contribution in [0.3, 0.4) is 0 Å². The molecule has 0 bridgehead atoms. The molecule has 0 aromatic rings. The molecule has 2 saturated heterocycles. The van der Waals surface area contributed by atoms with Crippen LogP contribution in [0.4, 0.5) is 0 Å². The van der Waals surface area contributed by atoms with Gasteiger partial charge in [-0.15, -0.1) is 0 Å². The fraction of sp³-hybridized carbons (Fsp3) is 0.846. The first-order chi connectivity index (χ1) is 9.69. The molecule has 2 rings (SSSR count). The van der Waals surface area contributed by atoms with Crippen molar-refractivity contribution in [2.45, 2.75) is 64.1 Å². The summed E-state index contributed by atoms with van der Waals surface area (Å²) in [5.41, 5.74) is 0. The highest BCUT2D eigenvalue weighted by molar-refractivity contribution is 5.73. The lowest BCUT2D eigenvalue weighted by Gasteiger charge is -2.28. The lowest BCUT2D eigenvalue weighted by Crippen LogP contribution is -2.53. The van der Waals surface area contributed by atoms with Crippen molar-refractivity contribution in [2.24, 2.45) is 0 Å². The first-order valence-electron chi connectivity index (χ1n) is 6.90. The summed E-state index contributed by atoms with van der Waals surface area (Å²) in [6.45, 7) is 6.27. The molecule has 2 heterocycles. The summed E-state index contributed by atoms with van der Waals surface area (Å²) in [5, 5.41) is 15.4. The molecule has 2 fully saturated rings. The number of fused-ring (bicyclic) bond motifs is 1. The smallest absolute Gasteiger partial charge is 0.217 e. The Balaban J connectivity index is 2.07. The van der Waals surface area contributed by atoms with E-state index >= 15 is 0 Å². The van der Waals surface area contributed by atoms with E-state index in [0.717, 1.165) is 0 Å². The van der Waals surface area contributed by atoms with E-state index in [2.05, 4.69) is 10.6 Å². The van der Waals surface area contributed by atoms with Crippen molar-refractivity contribution in [2.75, 3.05) is 6.54 Å². The molecule has 8 heteroatoms. The summed E-state index contributed by atoms with van der Waals surface area (Å²) >= 11 is 0. The van der Waals surface area contributed by atoms with Gasteiger partial charge in [-0.05, 0) is 13.8 Å². The fourth-order valence-corrected chi connectivity index (χ4v) is 2.63. The Morgan fingerprint density at radius 2 is 1.90 bits per heavy atom. The Kier molecular flexibility index (Phi) is 4.52. The van der Waals surface area contributed by atoms with Gasteiger partial charge in [-0.2, -0.15) is 0 Å². The molecule has 8 nitrogen and oxygen atoms in total. The van der Waals surface area contributed by atoms with E-state index in [1.807, 2.05) is 0 Å². The maximum absolute atomic E-state index is 11.4. The van der Waals surface area contributed by atoms with Gasteiger partial charge in [-0.3, -0.25) is 9.59 Å². The number of nitrogens with one attached hydrogen (secondary N) is 2. The molecule has 0 aromatic carbocycles. The van der Waals surface area contributed by atoms with Gasteiger partial charge in [0.15, 0.2) is 12.1 Å². The Morgan fingerprint density at radius 3 is 2.48 bits per heavy atom. The van der Waals surface area contributed by atoms with Crippen LogP contribution in [0.2, 0.25) is 0 Å². The molecule has 3 N–H and O–H groups in total. The number of hydrogen-bond acceptors (Lipinski definition) is 6. The lowest BCUT2D eigenvalue weighted by atomic mass is 10.0. The molecular weight excluding hydrogens is 280 g/mol. The minimum absolute atomic E-state index is 0.0267. The van der Waals surface area contributed by atoms with E-state index < -0.39 is 36.4 Å². The molecule has 0 aliphatic carbocycles. The van der Waals surface area contributed by atoms with Crippen molar-refractivity contribution in [1.29, 1.82) is 0 Å². The molecule has 0 saturated carbocycles. The fourth-order valence-electron chi connectivity index (χ4n) is 2.63. The van der Waals surface area contributed by atoms with Crippen LogP contribution in [0.1, 0.15) is 27.7 Å². The molecule has 0 spiro atoms. The molecule has 2 amide bonds.